The van der Waals surface area contributed by atoms with Gasteiger partial charge in [-0.25, -0.2) is 9.37 Å². The molecule has 0 atom stereocenters. The molecule has 0 saturated heterocycles. The summed E-state index contributed by atoms with van der Waals surface area (Å²) in [6.07, 6.45) is 0. The summed E-state index contributed by atoms with van der Waals surface area (Å²) in [6, 6.07) is 4.85. The molecule has 4 heteroatoms. The van der Waals surface area contributed by atoms with E-state index >= 15 is 0 Å². The Morgan fingerprint density at radius 3 is 2.81 bits per heavy atom. The van der Waals surface area contributed by atoms with Crippen LogP contribution < -0.4 is 4.74 Å². The Kier molecular flexibility index (Phi) is 2.97. The molecule has 1 aromatic heterocycles. The predicted octanol–water partition coefficient (Wildman–Crippen LogP) is 3.73. The number of rotatable bonds is 2. The maximum atomic E-state index is 13.5. The van der Waals surface area contributed by atoms with Gasteiger partial charge in [-0.15, -0.1) is 0 Å². The Hall–Kier alpha value is -1.35. The largest absolute Gasteiger partial charge is 0.491 e. The van der Waals surface area contributed by atoms with E-state index in [-0.39, 0.29) is 5.75 Å². The smallest absolute Gasteiger partial charge is 0.167 e. The number of fused-ring (bicyclic) bond motifs is 1. The van der Waals surface area contributed by atoms with E-state index in [0.29, 0.717) is 17.3 Å². The molecular formula is C12H11ClFNO. The highest BCUT2D eigenvalue weighted by atomic mass is 35.5. The number of aromatic nitrogens is 1. The van der Waals surface area contributed by atoms with E-state index in [1.807, 2.05) is 19.9 Å². The molecule has 1 aromatic carbocycles. The first-order valence-electron chi connectivity index (χ1n) is 5.01. The average molecular weight is 240 g/mol. The number of ether oxygens (including phenoxy) is 1. The number of hydrogen-bond donors (Lipinski definition) is 0. The zero-order valence-corrected chi connectivity index (χ0v) is 9.81. The Morgan fingerprint density at radius 1 is 1.38 bits per heavy atom. The van der Waals surface area contributed by atoms with Crippen LogP contribution in [0, 0.1) is 12.7 Å². The lowest BCUT2D eigenvalue weighted by Crippen LogP contribution is -1.95. The van der Waals surface area contributed by atoms with Crippen LogP contribution in [0.3, 0.4) is 0 Å². The van der Waals surface area contributed by atoms with Gasteiger partial charge in [0.25, 0.3) is 0 Å². The van der Waals surface area contributed by atoms with Crippen molar-refractivity contribution in [2.75, 3.05) is 6.61 Å². The summed E-state index contributed by atoms with van der Waals surface area (Å²) >= 11 is 5.88. The molecule has 0 N–H and O–H groups in total. The monoisotopic (exact) mass is 239 g/mol. The molecule has 0 fully saturated rings. The molecule has 84 valence electrons. The van der Waals surface area contributed by atoms with Gasteiger partial charge >= 0.3 is 0 Å². The van der Waals surface area contributed by atoms with Crippen molar-refractivity contribution in [3.05, 3.63) is 34.7 Å². The van der Waals surface area contributed by atoms with E-state index in [0.717, 1.165) is 10.9 Å². The minimum Gasteiger partial charge on any atom is -0.491 e. The number of aryl methyl sites for hydroxylation is 1. The van der Waals surface area contributed by atoms with Crippen molar-refractivity contribution in [1.82, 2.24) is 4.98 Å². The third kappa shape index (κ3) is 1.95. The van der Waals surface area contributed by atoms with E-state index in [1.165, 1.54) is 6.07 Å². The molecule has 0 aliphatic heterocycles. The highest BCUT2D eigenvalue weighted by molar-refractivity contribution is 6.30. The number of pyridine rings is 1. The van der Waals surface area contributed by atoms with Gasteiger partial charge in [-0.3, -0.25) is 0 Å². The van der Waals surface area contributed by atoms with Gasteiger partial charge in [0, 0.05) is 11.5 Å². The Bertz CT molecular complexity index is 542. The second-order valence-corrected chi connectivity index (χ2v) is 3.86. The number of halogens is 2. The predicted molar refractivity (Wildman–Crippen MR) is 62.6 cm³/mol. The van der Waals surface area contributed by atoms with Crippen LogP contribution in [0.15, 0.2) is 18.2 Å². The van der Waals surface area contributed by atoms with Crippen molar-refractivity contribution >= 4 is 22.5 Å². The fraction of sp³-hybridized carbons (Fsp3) is 0.250. The lowest BCUT2D eigenvalue weighted by Gasteiger charge is -2.07. The van der Waals surface area contributed by atoms with Crippen molar-refractivity contribution in [2.45, 2.75) is 13.8 Å². The summed E-state index contributed by atoms with van der Waals surface area (Å²) in [4.78, 5) is 4.11. The van der Waals surface area contributed by atoms with Gasteiger partial charge in [0.15, 0.2) is 11.6 Å². The SMILES string of the molecule is CCOc1cc2cc(C)c(Cl)nc2cc1F. The van der Waals surface area contributed by atoms with Gasteiger partial charge in [0.05, 0.1) is 12.1 Å². The topological polar surface area (TPSA) is 22.1 Å². The van der Waals surface area contributed by atoms with Crippen molar-refractivity contribution in [1.29, 1.82) is 0 Å². The van der Waals surface area contributed by atoms with Crippen LogP contribution >= 0.6 is 11.6 Å². The fourth-order valence-corrected chi connectivity index (χ4v) is 1.67. The zero-order chi connectivity index (χ0) is 11.7. The van der Waals surface area contributed by atoms with Crippen LogP contribution in [0.4, 0.5) is 4.39 Å². The van der Waals surface area contributed by atoms with Crippen molar-refractivity contribution in [3.63, 3.8) is 0 Å². The van der Waals surface area contributed by atoms with E-state index in [2.05, 4.69) is 4.98 Å². The molecular weight excluding hydrogens is 229 g/mol. The first-order chi connectivity index (χ1) is 7.61. The summed E-state index contributed by atoms with van der Waals surface area (Å²) in [5, 5.41) is 1.22. The second kappa shape index (κ2) is 4.26. The molecule has 0 aliphatic rings. The second-order valence-electron chi connectivity index (χ2n) is 3.50. The molecule has 1 heterocycles. The van der Waals surface area contributed by atoms with E-state index < -0.39 is 5.82 Å². The van der Waals surface area contributed by atoms with Gasteiger partial charge in [-0.05, 0) is 31.5 Å². The number of benzene rings is 1. The third-order valence-corrected chi connectivity index (χ3v) is 2.68. The summed E-state index contributed by atoms with van der Waals surface area (Å²) in [5.41, 5.74) is 1.40. The minimum absolute atomic E-state index is 0.249. The summed E-state index contributed by atoms with van der Waals surface area (Å²) in [6.45, 7) is 4.11. The lowest BCUT2D eigenvalue weighted by atomic mass is 10.1. The van der Waals surface area contributed by atoms with Gasteiger partial charge < -0.3 is 4.74 Å². The zero-order valence-electron chi connectivity index (χ0n) is 9.05. The minimum atomic E-state index is -0.415. The Balaban J connectivity index is 2.65. The van der Waals surface area contributed by atoms with Crippen molar-refractivity contribution < 1.29 is 9.13 Å². The van der Waals surface area contributed by atoms with Crippen molar-refractivity contribution in [2.24, 2.45) is 0 Å². The maximum absolute atomic E-state index is 13.5. The van der Waals surface area contributed by atoms with Crippen LogP contribution in [0.25, 0.3) is 10.9 Å². The van der Waals surface area contributed by atoms with E-state index in [4.69, 9.17) is 16.3 Å². The summed E-state index contributed by atoms with van der Waals surface area (Å²) in [5.74, 6) is -0.166. The highest BCUT2D eigenvalue weighted by Crippen LogP contribution is 2.26. The Labute approximate surface area is 98.0 Å². The first kappa shape index (κ1) is 11.1. The van der Waals surface area contributed by atoms with Gasteiger partial charge in [-0.1, -0.05) is 11.6 Å². The van der Waals surface area contributed by atoms with Gasteiger partial charge in [0.2, 0.25) is 0 Å². The van der Waals surface area contributed by atoms with Gasteiger partial charge in [0.1, 0.15) is 5.15 Å². The molecule has 0 spiro atoms. The fourth-order valence-electron chi connectivity index (χ4n) is 1.52. The molecule has 2 nitrogen and oxygen atoms in total. The maximum Gasteiger partial charge on any atom is 0.167 e. The molecule has 16 heavy (non-hydrogen) atoms. The van der Waals surface area contributed by atoms with Crippen molar-refractivity contribution in [3.8, 4) is 5.75 Å². The first-order valence-corrected chi connectivity index (χ1v) is 5.39. The van der Waals surface area contributed by atoms with E-state index in [1.54, 1.807) is 6.07 Å². The van der Waals surface area contributed by atoms with Crippen LogP contribution in [-0.2, 0) is 0 Å². The number of nitrogens with zero attached hydrogens (tertiary/aromatic N) is 1. The summed E-state index contributed by atoms with van der Waals surface area (Å²) < 4.78 is 18.7. The molecule has 2 aromatic rings. The molecule has 0 amide bonds. The highest BCUT2D eigenvalue weighted by Gasteiger charge is 2.08. The van der Waals surface area contributed by atoms with E-state index in [9.17, 15) is 4.39 Å². The standard InChI is InChI=1S/C12H11ClFNO/c1-3-16-11-5-8-4-7(2)12(13)15-10(8)6-9(11)14/h4-6H,3H2,1-2H3. The molecule has 0 bridgehead atoms. The Morgan fingerprint density at radius 2 is 2.12 bits per heavy atom. The van der Waals surface area contributed by atoms with Crippen LogP contribution in [-0.4, -0.2) is 11.6 Å². The summed E-state index contributed by atoms with van der Waals surface area (Å²) in [7, 11) is 0. The molecule has 0 saturated carbocycles. The quantitative estimate of drug-likeness (QED) is 0.745. The van der Waals surface area contributed by atoms with Gasteiger partial charge in [-0.2, -0.15) is 0 Å². The van der Waals surface area contributed by atoms with Crippen LogP contribution in [0.5, 0.6) is 5.75 Å². The molecule has 2 rings (SSSR count). The molecule has 0 aliphatic carbocycles. The normalized spacial score (nSPS) is 10.8. The third-order valence-electron chi connectivity index (χ3n) is 2.30. The lowest BCUT2D eigenvalue weighted by molar-refractivity contribution is 0.322. The average Bonchev–Trinajstić information content (AvgIpc) is 2.23. The molecule has 0 radical (unpaired) electrons. The van der Waals surface area contributed by atoms with Crippen LogP contribution in [0.1, 0.15) is 12.5 Å². The van der Waals surface area contributed by atoms with Crippen LogP contribution in [0.2, 0.25) is 5.15 Å². The molecule has 0 unspecified atom stereocenters. The number of hydrogen-bond acceptors (Lipinski definition) is 2.